The van der Waals surface area contributed by atoms with E-state index in [0.717, 1.165) is 24.2 Å². The third kappa shape index (κ3) is 4.77. The number of nitrogens with one attached hydrogen (secondary N) is 1. The molecule has 0 atom stereocenters. The van der Waals surface area contributed by atoms with E-state index >= 15 is 0 Å². The van der Waals surface area contributed by atoms with Crippen LogP contribution >= 0.6 is 35.0 Å². The summed E-state index contributed by atoms with van der Waals surface area (Å²) in [6, 6.07) is 18.1. The zero-order chi connectivity index (χ0) is 25.3. The highest BCUT2D eigenvalue weighted by atomic mass is 35.5. The zero-order valence-electron chi connectivity index (χ0n) is 19.4. The predicted molar refractivity (Wildman–Crippen MR) is 143 cm³/mol. The molecule has 0 unspecified atom stereocenters. The molecule has 184 valence electrons. The van der Waals surface area contributed by atoms with Crippen molar-refractivity contribution in [2.24, 2.45) is 0 Å². The lowest BCUT2D eigenvalue weighted by Gasteiger charge is -2.40. The van der Waals surface area contributed by atoms with Gasteiger partial charge in [-0.15, -0.1) is 11.8 Å². The molecule has 2 heterocycles. The average molecular weight is 539 g/mol. The van der Waals surface area contributed by atoms with Crippen LogP contribution in [0.5, 0.6) is 0 Å². The summed E-state index contributed by atoms with van der Waals surface area (Å²) in [5.74, 6) is 0.692. The second kappa shape index (κ2) is 10.3. The maximum Gasteiger partial charge on any atom is 0.253 e. The Kier molecular flexibility index (Phi) is 7.11. The molecule has 8 heteroatoms. The summed E-state index contributed by atoms with van der Waals surface area (Å²) in [7, 11) is 0. The third-order valence-corrected chi connectivity index (χ3v) is 9.18. The first-order valence-corrected chi connectivity index (χ1v) is 13.5. The van der Waals surface area contributed by atoms with Crippen LogP contribution in [0.3, 0.4) is 0 Å². The van der Waals surface area contributed by atoms with Gasteiger partial charge in [-0.2, -0.15) is 0 Å². The van der Waals surface area contributed by atoms with Crippen molar-refractivity contribution in [1.29, 1.82) is 0 Å². The normalized spacial score (nSPS) is 16.0. The van der Waals surface area contributed by atoms with E-state index in [-0.39, 0.29) is 17.2 Å². The summed E-state index contributed by atoms with van der Waals surface area (Å²) in [6.07, 6.45) is 2.45. The van der Waals surface area contributed by atoms with E-state index in [2.05, 4.69) is 17.4 Å². The molecule has 5 nitrogen and oxygen atoms in total. The molecule has 1 fully saturated rings. The molecule has 0 aromatic heterocycles. The SMILES string of the molecule is O=Cc1ccccc1C(=O)NCc1ccc2c(c1)C1(CCN(C(=O)c3ccc(Cl)c(Cl)c3)CC1)CS2. The maximum absolute atomic E-state index is 13.0. The highest BCUT2D eigenvalue weighted by Crippen LogP contribution is 2.50. The van der Waals surface area contributed by atoms with Gasteiger partial charge >= 0.3 is 0 Å². The van der Waals surface area contributed by atoms with Gasteiger partial charge in [-0.1, -0.05) is 53.5 Å². The van der Waals surface area contributed by atoms with Gasteiger partial charge in [-0.25, -0.2) is 0 Å². The molecule has 0 aliphatic carbocycles. The summed E-state index contributed by atoms with van der Waals surface area (Å²) in [6.45, 7) is 1.72. The summed E-state index contributed by atoms with van der Waals surface area (Å²) in [5.41, 5.74) is 3.63. The number of rotatable bonds is 5. The monoisotopic (exact) mass is 538 g/mol. The summed E-state index contributed by atoms with van der Waals surface area (Å²) < 4.78 is 0. The van der Waals surface area contributed by atoms with Crippen molar-refractivity contribution in [2.45, 2.75) is 29.7 Å². The molecule has 1 spiro atoms. The van der Waals surface area contributed by atoms with E-state index in [0.29, 0.717) is 52.7 Å². The van der Waals surface area contributed by atoms with Crippen LogP contribution in [0.15, 0.2) is 65.6 Å². The number of nitrogens with zero attached hydrogens (tertiary/aromatic N) is 1. The van der Waals surface area contributed by atoms with Crippen molar-refractivity contribution in [3.05, 3.63) is 98.5 Å². The van der Waals surface area contributed by atoms with Gasteiger partial charge in [0.25, 0.3) is 11.8 Å². The minimum absolute atomic E-state index is 0.0125. The van der Waals surface area contributed by atoms with Crippen molar-refractivity contribution in [2.75, 3.05) is 18.8 Å². The van der Waals surface area contributed by atoms with Crippen molar-refractivity contribution in [1.82, 2.24) is 10.2 Å². The quantitative estimate of drug-likeness (QED) is 0.403. The van der Waals surface area contributed by atoms with E-state index in [1.165, 1.54) is 10.5 Å². The lowest BCUT2D eigenvalue weighted by Crippen LogP contribution is -2.45. The van der Waals surface area contributed by atoms with Gasteiger partial charge in [-0.05, 0) is 54.3 Å². The molecule has 1 saturated heterocycles. The Balaban J connectivity index is 1.27. The molecule has 2 amide bonds. The van der Waals surface area contributed by atoms with Crippen LogP contribution in [0.25, 0.3) is 0 Å². The highest BCUT2D eigenvalue weighted by molar-refractivity contribution is 7.99. The van der Waals surface area contributed by atoms with E-state index in [4.69, 9.17) is 23.2 Å². The average Bonchev–Trinajstić information content (AvgIpc) is 3.25. The highest BCUT2D eigenvalue weighted by Gasteiger charge is 2.42. The smallest absolute Gasteiger partial charge is 0.253 e. The number of thioether (sulfide) groups is 1. The first-order valence-electron chi connectivity index (χ1n) is 11.7. The fourth-order valence-electron chi connectivity index (χ4n) is 4.97. The number of halogens is 2. The minimum atomic E-state index is -0.267. The number of amides is 2. The predicted octanol–water partition coefficient (Wildman–Crippen LogP) is 6.02. The number of aldehydes is 1. The van der Waals surface area contributed by atoms with Gasteiger partial charge in [-0.3, -0.25) is 14.4 Å². The van der Waals surface area contributed by atoms with Crippen LogP contribution in [-0.2, 0) is 12.0 Å². The van der Waals surface area contributed by atoms with Crippen LogP contribution in [0.1, 0.15) is 55.0 Å². The Bertz CT molecular complexity index is 1350. The molecule has 1 N–H and O–H groups in total. The number of hydrogen-bond acceptors (Lipinski definition) is 4. The Labute approximate surface area is 224 Å². The van der Waals surface area contributed by atoms with E-state index in [1.54, 1.807) is 42.5 Å². The Hall–Kier alpha value is -2.80. The fourth-order valence-corrected chi connectivity index (χ4v) is 6.74. The zero-order valence-corrected chi connectivity index (χ0v) is 21.8. The van der Waals surface area contributed by atoms with Gasteiger partial charge < -0.3 is 10.2 Å². The molecule has 36 heavy (non-hydrogen) atoms. The van der Waals surface area contributed by atoms with Crippen LogP contribution in [0.2, 0.25) is 10.0 Å². The van der Waals surface area contributed by atoms with Crippen molar-refractivity contribution in [3.8, 4) is 0 Å². The lowest BCUT2D eigenvalue weighted by molar-refractivity contribution is 0.0678. The van der Waals surface area contributed by atoms with E-state index in [1.807, 2.05) is 22.7 Å². The van der Waals surface area contributed by atoms with Crippen molar-refractivity contribution >= 4 is 53.1 Å². The molecule has 2 aliphatic rings. The van der Waals surface area contributed by atoms with Gasteiger partial charge in [0.05, 0.1) is 10.0 Å². The van der Waals surface area contributed by atoms with Gasteiger partial charge in [0.1, 0.15) is 0 Å². The number of carbonyl (C=O) groups excluding carboxylic acids is 3. The van der Waals surface area contributed by atoms with Crippen LogP contribution in [-0.4, -0.2) is 41.8 Å². The number of piperidine rings is 1. The molecule has 0 radical (unpaired) electrons. The summed E-state index contributed by atoms with van der Waals surface area (Å²) in [5, 5.41) is 3.76. The van der Waals surface area contributed by atoms with Crippen LogP contribution < -0.4 is 5.32 Å². The van der Waals surface area contributed by atoms with Crippen LogP contribution in [0, 0.1) is 0 Å². The number of fused-ring (bicyclic) bond motifs is 2. The summed E-state index contributed by atoms with van der Waals surface area (Å²) >= 11 is 14.0. The Morgan fingerprint density at radius 1 is 1.00 bits per heavy atom. The van der Waals surface area contributed by atoms with Crippen molar-refractivity contribution < 1.29 is 14.4 Å². The Morgan fingerprint density at radius 3 is 2.53 bits per heavy atom. The molecule has 5 rings (SSSR count). The first kappa shape index (κ1) is 24.9. The molecule has 3 aromatic rings. The topological polar surface area (TPSA) is 66.5 Å². The van der Waals surface area contributed by atoms with E-state index in [9.17, 15) is 14.4 Å². The van der Waals surface area contributed by atoms with Crippen molar-refractivity contribution in [3.63, 3.8) is 0 Å². The molecule has 0 saturated carbocycles. The van der Waals surface area contributed by atoms with Gasteiger partial charge in [0, 0.05) is 52.4 Å². The van der Waals surface area contributed by atoms with Crippen LogP contribution in [0.4, 0.5) is 0 Å². The first-order chi connectivity index (χ1) is 17.4. The Morgan fingerprint density at radius 2 is 1.78 bits per heavy atom. The second-order valence-corrected chi connectivity index (χ2v) is 11.0. The molecule has 3 aromatic carbocycles. The number of hydrogen-bond donors (Lipinski definition) is 1. The second-order valence-electron chi connectivity index (χ2n) is 9.21. The lowest BCUT2D eigenvalue weighted by atomic mass is 9.74. The minimum Gasteiger partial charge on any atom is -0.348 e. The number of carbonyl (C=O) groups is 3. The van der Waals surface area contributed by atoms with E-state index < -0.39 is 0 Å². The molecular formula is C28H24Cl2N2O3S. The largest absolute Gasteiger partial charge is 0.348 e. The number of benzene rings is 3. The third-order valence-electron chi connectivity index (χ3n) is 7.08. The maximum atomic E-state index is 13.0. The molecule has 2 aliphatic heterocycles. The molecular weight excluding hydrogens is 515 g/mol. The molecule has 0 bridgehead atoms. The van der Waals surface area contributed by atoms with Gasteiger partial charge in [0.2, 0.25) is 0 Å². The summed E-state index contributed by atoms with van der Waals surface area (Å²) in [4.78, 5) is 40.1. The number of likely N-dealkylation sites (tertiary alicyclic amines) is 1. The standard InChI is InChI=1S/C28H24Cl2N2O3S/c29-23-7-6-19(14-24(23)30)27(35)32-11-9-28(10-12-32)17-36-25-8-5-18(13-22(25)28)15-31-26(34)21-4-2-1-3-20(21)16-33/h1-8,13-14,16H,9-12,15,17H2,(H,31,34). The van der Waals surface area contributed by atoms with Gasteiger partial charge in [0.15, 0.2) is 6.29 Å². The fraction of sp³-hybridized carbons (Fsp3) is 0.250.